The SMILES string of the molecule is Nc1ncccc1-c1nc2ccc(-c3ccccc3)nc2n1-c1ccc(NC(=O)C2CCC(C(=O)O)CC2)cc1F. The number of rotatable bonds is 6. The third-order valence-corrected chi connectivity index (χ3v) is 7.56. The van der Waals surface area contributed by atoms with E-state index >= 15 is 4.39 Å². The van der Waals surface area contributed by atoms with Gasteiger partial charge in [-0.15, -0.1) is 0 Å². The first-order chi connectivity index (χ1) is 19.9. The van der Waals surface area contributed by atoms with Crippen molar-refractivity contribution in [1.29, 1.82) is 0 Å². The van der Waals surface area contributed by atoms with Gasteiger partial charge in [0.25, 0.3) is 0 Å². The van der Waals surface area contributed by atoms with Crippen molar-refractivity contribution in [3.63, 3.8) is 0 Å². The molecule has 9 nitrogen and oxygen atoms in total. The van der Waals surface area contributed by atoms with Gasteiger partial charge in [0.1, 0.15) is 17.2 Å². The van der Waals surface area contributed by atoms with Crippen molar-refractivity contribution in [3.8, 4) is 28.3 Å². The van der Waals surface area contributed by atoms with Crippen LogP contribution in [-0.4, -0.2) is 36.5 Å². The number of imidazole rings is 1. The van der Waals surface area contributed by atoms with Gasteiger partial charge in [-0.05, 0) is 68.1 Å². The van der Waals surface area contributed by atoms with E-state index in [9.17, 15) is 14.7 Å². The second-order valence-corrected chi connectivity index (χ2v) is 10.2. The monoisotopic (exact) mass is 550 g/mol. The number of aromatic nitrogens is 4. The Kier molecular flexibility index (Phi) is 6.88. The number of hydrogen-bond donors (Lipinski definition) is 3. The fourth-order valence-electron chi connectivity index (χ4n) is 5.36. The number of nitrogens with two attached hydrogens (primary N) is 1. The number of pyridine rings is 2. The van der Waals surface area contributed by atoms with Crippen molar-refractivity contribution >= 4 is 34.5 Å². The van der Waals surface area contributed by atoms with Gasteiger partial charge in [0, 0.05) is 23.4 Å². The maximum atomic E-state index is 15.9. The number of halogens is 1. The average Bonchev–Trinajstić information content (AvgIpc) is 3.36. The third-order valence-electron chi connectivity index (χ3n) is 7.56. The molecule has 6 rings (SSSR count). The highest BCUT2D eigenvalue weighted by Gasteiger charge is 2.30. The number of fused-ring (bicyclic) bond motifs is 1. The molecule has 0 unspecified atom stereocenters. The second-order valence-electron chi connectivity index (χ2n) is 10.2. The van der Waals surface area contributed by atoms with Crippen LogP contribution < -0.4 is 11.1 Å². The molecule has 2 aromatic carbocycles. The van der Waals surface area contributed by atoms with Crippen LogP contribution in [0, 0.1) is 17.7 Å². The van der Waals surface area contributed by atoms with Crippen molar-refractivity contribution in [3.05, 3.63) is 84.8 Å². The van der Waals surface area contributed by atoms with E-state index in [1.165, 1.54) is 6.07 Å². The molecule has 3 heterocycles. The highest BCUT2D eigenvalue weighted by molar-refractivity contribution is 5.93. The molecule has 0 radical (unpaired) electrons. The molecule has 10 heteroatoms. The predicted octanol–water partition coefficient (Wildman–Crippen LogP) is 5.70. The van der Waals surface area contributed by atoms with Gasteiger partial charge in [-0.3, -0.25) is 14.2 Å². The topological polar surface area (TPSA) is 136 Å². The van der Waals surface area contributed by atoms with Crippen LogP contribution in [0.5, 0.6) is 0 Å². The van der Waals surface area contributed by atoms with E-state index in [0.29, 0.717) is 59.6 Å². The van der Waals surface area contributed by atoms with E-state index < -0.39 is 17.7 Å². The predicted molar refractivity (Wildman–Crippen MR) is 154 cm³/mol. The van der Waals surface area contributed by atoms with E-state index in [-0.39, 0.29) is 23.3 Å². The van der Waals surface area contributed by atoms with Gasteiger partial charge < -0.3 is 16.2 Å². The normalized spacial score (nSPS) is 16.9. The molecule has 1 saturated carbocycles. The zero-order valence-electron chi connectivity index (χ0n) is 22.0. The summed E-state index contributed by atoms with van der Waals surface area (Å²) in [6.07, 6.45) is 3.44. The van der Waals surface area contributed by atoms with Crippen molar-refractivity contribution in [2.24, 2.45) is 11.8 Å². The zero-order valence-corrected chi connectivity index (χ0v) is 22.0. The van der Waals surface area contributed by atoms with Crippen molar-refractivity contribution in [2.45, 2.75) is 25.7 Å². The maximum Gasteiger partial charge on any atom is 0.306 e. The number of aliphatic carboxylic acids is 1. The van der Waals surface area contributed by atoms with Gasteiger partial charge in [0.2, 0.25) is 5.91 Å². The van der Waals surface area contributed by atoms with Crippen LogP contribution in [-0.2, 0) is 9.59 Å². The third kappa shape index (κ3) is 5.11. The Morgan fingerprint density at radius 1 is 0.927 bits per heavy atom. The molecule has 0 spiro atoms. The smallest absolute Gasteiger partial charge is 0.306 e. The fourth-order valence-corrected chi connectivity index (χ4v) is 5.36. The molecule has 0 aliphatic heterocycles. The number of carboxylic acids is 1. The molecular formula is C31H27FN6O3. The van der Waals surface area contributed by atoms with Crippen molar-refractivity contribution in [1.82, 2.24) is 19.5 Å². The minimum absolute atomic E-state index is 0.184. The Bertz CT molecular complexity index is 1760. The van der Waals surface area contributed by atoms with Gasteiger partial charge in [-0.25, -0.2) is 19.3 Å². The molecule has 1 aliphatic carbocycles. The van der Waals surface area contributed by atoms with Crippen LogP contribution in [0.25, 0.3) is 39.5 Å². The van der Waals surface area contributed by atoms with Gasteiger partial charge in [0.05, 0.1) is 22.9 Å². The molecule has 1 aliphatic rings. The van der Waals surface area contributed by atoms with Gasteiger partial charge in [-0.2, -0.15) is 0 Å². The van der Waals surface area contributed by atoms with Crippen molar-refractivity contribution < 1.29 is 19.1 Å². The van der Waals surface area contributed by atoms with Crippen LogP contribution >= 0.6 is 0 Å². The molecule has 1 fully saturated rings. The first kappa shape index (κ1) is 26.1. The summed E-state index contributed by atoms with van der Waals surface area (Å²) in [6.45, 7) is 0. The molecule has 41 heavy (non-hydrogen) atoms. The number of carboxylic acid groups (broad SMARTS) is 1. The summed E-state index contributed by atoms with van der Waals surface area (Å²) < 4.78 is 17.5. The summed E-state index contributed by atoms with van der Waals surface area (Å²) in [5.41, 5.74) is 9.81. The van der Waals surface area contributed by atoms with E-state index in [0.717, 1.165) is 5.56 Å². The second kappa shape index (κ2) is 10.8. The van der Waals surface area contributed by atoms with Crippen LogP contribution in [0.1, 0.15) is 25.7 Å². The number of nitrogens with one attached hydrogen (secondary N) is 1. The van der Waals surface area contributed by atoms with Crippen LogP contribution in [0.15, 0.2) is 79.0 Å². The Morgan fingerprint density at radius 3 is 2.39 bits per heavy atom. The van der Waals surface area contributed by atoms with Gasteiger partial charge in [-0.1, -0.05) is 30.3 Å². The Balaban J connectivity index is 1.38. The van der Waals surface area contributed by atoms with Crippen LogP contribution in [0.4, 0.5) is 15.9 Å². The standard InChI is InChI=1S/C31H27FN6O3/c32-23-17-21(35-30(39)19-8-10-20(11-9-19)31(40)41)12-15-26(23)38-28(22-7-4-16-34-27(22)33)37-25-14-13-24(36-29(25)38)18-5-2-1-3-6-18/h1-7,12-17,19-20H,8-11H2,(H2,33,34)(H,35,39)(H,40,41). The largest absolute Gasteiger partial charge is 0.481 e. The lowest BCUT2D eigenvalue weighted by molar-refractivity contribution is -0.143. The minimum atomic E-state index is -0.827. The summed E-state index contributed by atoms with van der Waals surface area (Å²) in [4.78, 5) is 37.9. The number of nitrogens with zero attached hydrogens (tertiary/aromatic N) is 4. The summed E-state index contributed by atoms with van der Waals surface area (Å²) in [5, 5.41) is 12.0. The lowest BCUT2D eigenvalue weighted by Crippen LogP contribution is -2.29. The van der Waals surface area contributed by atoms with Gasteiger partial charge in [0.15, 0.2) is 11.5 Å². The number of hydrogen-bond acceptors (Lipinski definition) is 6. The lowest BCUT2D eigenvalue weighted by atomic mass is 9.81. The first-order valence-electron chi connectivity index (χ1n) is 13.4. The number of carbonyl (C=O) groups is 2. The van der Waals surface area contributed by atoms with Crippen molar-refractivity contribution in [2.75, 3.05) is 11.1 Å². The zero-order chi connectivity index (χ0) is 28.5. The first-order valence-corrected chi connectivity index (χ1v) is 13.4. The molecule has 1 amide bonds. The number of benzene rings is 2. The van der Waals surface area contributed by atoms with E-state index in [1.807, 2.05) is 42.5 Å². The fraction of sp³-hybridized carbons (Fsp3) is 0.194. The highest BCUT2D eigenvalue weighted by atomic mass is 19.1. The van der Waals surface area contributed by atoms with E-state index in [2.05, 4.69) is 10.3 Å². The minimum Gasteiger partial charge on any atom is -0.481 e. The molecule has 0 bridgehead atoms. The molecule has 206 valence electrons. The van der Waals surface area contributed by atoms with Gasteiger partial charge >= 0.3 is 5.97 Å². The quantitative estimate of drug-likeness (QED) is 0.247. The molecule has 3 aromatic heterocycles. The van der Waals surface area contributed by atoms with Crippen LogP contribution in [0.3, 0.4) is 0 Å². The Labute approximate surface area is 234 Å². The Morgan fingerprint density at radius 2 is 1.68 bits per heavy atom. The molecule has 4 N–H and O–H groups in total. The average molecular weight is 551 g/mol. The molecule has 0 saturated heterocycles. The lowest BCUT2D eigenvalue weighted by Gasteiger charge is -2.25. The highest BCUT2D eigenvalue weighted by Crippen LogP contribution is 2.34. The summed E-state index contributed by atoms with van der Waals surface area (Å²) in [6, 6.07) is 21.3. The van der Waals surface area contributed by atoms with E-state index in [1.54, 1.807) is 35.0 Å². The van der Waals surface area contributed by atoms with E-state index in [4.69, 9.17) is 15.7 Å². The molecule has 0 atom stereocenters. The number of nitrogen functional groups attached to an aromatic ring is 1. The number of anilines is 2. The maximum absolute atomic E-state index is 15.9. The molecule has 5 aromatic rings. The summed E-state index contributed by atoms with van der Waals surface area (Å²) in [7, 11) is 0. The number of amides is 1. The summed E-state index contributed by atoms with van der Waals surface area (Å²) in [5.74, 6) is -1.76. The summed E-state index contributed by atoms with van der Waals surface area (Å²) >= 11 is 0. The Hall–Kier alpha value is -5.12. The molecular weight excluding hydrogens is 523 g/mol. The van der Waals surface area contributed by atoms with Crippen LogP contribution in [0.2, 0.25) is 0 Å². The number of carbonyl (C=O) groups excluding carboxylic acids is 1.